The SMILES string of the molecule is CN[C@H](C(=O)N1CCC[C@H]1C)C(C)C. The second kappa shape index (κ2) is 4.78. The van der Waals surface area contributed by atoms with E-state index in [1.807, 2.05) is 11.9 Å². The first-order valence-corrected chi connectivity index (χ1v) is 5.55. The van der Waals surface area contributed by atoms with E-state index in [1.165, 1.54) is 0 Å². The summed E-state index contributed by atoms with van der Waals surface area (Å²) in [6.07, 6.45) is 2.31. The van der Waals surface area contributed by atoms with Gasteiger partial charge in [-0.25, -0.2) is 0 Å². The van der Waals surface area contributed by atoms with Crippen LogP contribution in [-0.2, 0) is 4.79 Å². The van der Waals surface area contributed by atoms with E-state index >= 15 is 0 Å². The van der Waals surface area contributed by atoms with Gasteiger partial charge in [0.05, 0.1) is 6.04 Å². The molecule has 3 heteroatoms. The van der Waals surface area contributed by atoms with E-state index in [4.69, 9.17) is 0 Å². The van der Waals surface area contributed by atoms with Crippen LogP contribution in [0.3, 0.4) is 0 Å². The molecule has 1 heterocycles. The fraction of sp³-hybridized carbons (Fsp3) is 0.909. The Labute approximate surface area is 86.9 Å². The zero-order valence-corrected chi connectivity index (χ0v) is 9.71. The predicted octanol–water partition coefficient (Wildman–Crippen LogP) is 1.24. The molecule has 1 saturated heterocycles. The molecule has 2 atom stereocenters. The smallest absolute Gasteiger partial charge is 0.240 e. The lowest BCUT2D eigenvalue weighted by molar-refractivity contribution is -0.134. The van der Waals surface area contributed by atoms with E-state index < -0.39 is 0 Å². The van der Waals surface area contributed by atoms with Crippen molar-refractivity contribution in [3.63, 3.8) is 0 Å². The molecule has 0 spiro atoms. The largest absolute Gasteiger partial charge is 0.339 e. The average molecular weight is 198 g/mol. The van der Waals surface area contributed by atoms with Gasteiger partial charge in [0.25, 0.3) is 0 Å². The number of hydrogen-bond donors (Lipinski definition) is 1. The van der Waals surface area contributed by atoms with Crippen LogP contribution >= 0.6 is 0 Å². The highest BCUT2D eigenvalue weighted by molar-refractivity contribution is 5.82. The molecular formula is C11H22N2O. The van der Waals surface area contributed by atoms with E-state index in [-0.39, 0.29) is 11.9 Å². The first-order chi connectivity index (χ1) is 6.57. The van der Waals surface area contributed by atoms with Crippen molar-refractivity contribution in [2.75, 3.05) is 13.6 Å². The third-order valence-electron chi connectivity index (χ3n) is 3.08. The summed E-state index contributed by atoms with van der Waals surface area (Å²) in [5.74, 6) is 0.632. The Hall–Kier alpha value is -0.570. The van der Waals surface area contributed by atoms with Crippen LogP contribution in [0.4, 0.5) is 0 Å². The molecule has 0 bridgehead atoms. The first kappa shape index (κ1) is 11.5. The van der Waals surface area contributed by atoms with Gasteiger partial charge in [-0.15, -0.1) is 0 Å². The number of carbonyl (C=O) groups is 1. The number of likely N-dealkylation sites (N-methyl/N-ethyl adjacent to an activating group) is 1. The van der Waals surface area contributed by atoms with Crippen molar-refractivity contribution < 1.29 is 4.79 Å². The van der Waals surface area contributed by atoms with E-state index in [0.29, 0.717) is 12.0 Å². The Bertz CT molecular complexity index is 199. The second-order valence-electron chi connectivity index (χ2n) is 4.53. The van der Waals surface area contributed by atoms with Gasteiger partial charge in [0.1, 0.15) is 0 Å². The lowest BCUT2D eigenvalue weighted by Gasteiger charge is -2.28. The molecule has 0 aromatic rings. The van der Waals surface area contributed by atoms with Crippen LogP contribution in [-0.4, -0.2) is 36.5 Å². The van der Waals surface area contributed by atoms with Crippen LogP contribution in [0.25, 0.3) is 0 Å². The molecule has 0 saturated carbocycles. The van der Waals surface area contributed by atoms with Crippen molar-refractivity contribution in [3.05, 3.63) is 0 Å². The molecule has 1 amide bonds. The minimum Gasteiger partial charge on any atom is -0.339 e. The van der Waals surface area contributed by atoms with E-state index in [9.17, 15) is 4.79 Å². The highest BCUT2D eigenvalue weighted by atomic mass is 16.2. The number of rotatable bonds is 3. The third-order valence-corrected chi connectivity index (χ3v) is 3.08. The third kappa shape index (κ3) is 2.27. The quantitative estimate of drug-likeness (QED) is 0.740. The van der Waals surface area contributed by atoms with Crippen LogP contribution in [0.1, 0.15) is 33.6 Å². The second-order valence-corrected chi connectivity index (χ2v) is 4.53. The van der Waals surface area contributed by atoms with Crippen LogP contribution in [0.5, 0.6) is 0 Å². The molecule has 1 rings (SSSR count). The number of likely N-dealkylation sites (tertiary alicyclic amines) is 1. The van der Waals surface area contributed by atoms with Crippen LogP contribution in [0.15, 0.2) is 0 Å². The van der Waals surface area contributed by atoms with E-state index in [0.717, 1.165) is 19.4 Å². The molecule has 3 nitrogen and oxygen atoms in total. The van der Waals surface area contributed by atoms with Gasteiger partial charge in [0, 0.05) is 12.6 Å². The van der Waals surface area contributed by atoms with Crippen LogP contribution in [0.2, 0.25) is 0 Å². The number of carbonyl (C=O) groups excluding carboxylic acids is 1. The summed E-state index contributed by atoms with van der Waals surface area (Å²) in [7, 11) is 1.86. The standard InChI is InChI=1S/C11H22N2O/c1-8(2)10(12-4)11(14)13-7-5-6-9(13)3/h8-10,12H,5-7H2,1-4H3/t9-,10+/m1/s1. The van der Waals surface area contributed by atoms with Crippen molar-refractivity contribution in [3.8, 4) is 0 Å². The maximum absolute atomic E-state index is 12.1. The van der Waals surface area contributed by atoms with Gasteiger partial charge in [-0.3, -0.25) is 4.79 Å². The molecule has 1 N–H and O–H groups in total. The maximum Gasteiger partial charge on any atom is 0.240 e. The van der Waals surface area contributed by atoms with E-state index in [1.54, 1.807) is 0 Å². The minimum atomic E-state index is -0.0180. The van der Waals surface area contributed by atoms with Crippen molar-refractivity contribution in [2.24, 2.45) is 5.92 Å². The van der Waals surface area contributed by atoms with Crippen molar-refractivity contribution in [1.29, 1.82) is 0 Å². The molecule has 82 valence electrons. The summed E-state index contributed by atoms with van der Waals surface area (Å²) in [5, 5.41) is 3.11. The van der Waals surface area contributed by atoms with Gasteiger partial charge in [-0.1, -0.05) is 13.8 Å². The van der Waals surface area contributed by atoms with Crippen molar-refractivity contribution in [2.45, 2.75) is 45.7 Å². The van der Waals surface area contributed by atoms with Crippen LogP contribution in [0, 0.1) is 5.92 Å². The Morgan fingerprint density at radius 1 is 1.50 bits per heavy atom. The van der Waals surface area contributed by atoms with Crippen molar-refractivity contribution >= 4 is 5.91 Å². The molecular weight excluding hydrogens is 176 g/mol. The number of hydrogen-bond acceptors (Lipinski definition) is 2. The fourth-order valence-electron chi connectivity index (χ4n) is 2.18. The van der Waals surface area contributed by atoms with Gasteiger partial charge in [-0.05, 0) is 32.7 Å². The summed E-state index contributed by atoms with van der Waals surface area (Å²) < 4.78 is 0. The Morgan fingerprint density at radius 2 is 2.14 bits per heavy atom. The number of amides is 1. The summed E-state index contributed by atoms with van der Waals surface area (Å²) in [4.78, 5) is 14.1. The molecule has 14 heavy (non-hydrogen) atoms. The summed E-state index contributed by atoms with van der Waals surface area (Å²) >= 11 is 0. The van der Waals surface area contributed by atoms with Gasteiger partial charge in [-0.2, -0.15) is 0 Å². The molecule has 0 aromatic carbocycles. The highest BCUT2D eigenvalue weighted by Crippen LogP contribution is 2.19. The summed E-state index contributed by atoms with van der Waals surface area (Å²) in [5.41, 5.74) is 0. The number of nitrogens with zero attached hydrogens (tertiary/aromatic N) is 1. The van der Waals surface area contributed by atoms with Crippen molar-refractivity contribution in [1.82, 2.24) is 10.2 Å². The average Bonchev–Trinajstić information content (AvgIpc) is 2.51. The molecule has 0 unspecified atom stereocenters. The maximum atomic E-state index is 12.1. The number of nitrogens with one attached hydrogen (secondary N) is 1. The lowest BCUT2D eigenvalue weighted by Crippen LogP contribution is -2.49. The fourth-order valence-corrected chi connectivity index (χ4v) is 2.18. The highest BCUT2D eigenvalue weighted by Gasteiger charge is 2.31. The normalized spacial score (nSPS) is 24.4. The topological polar surface area (TPSA) is 32.3 Å². The Morgan fingerprint density at radius 3 is 2.50 bits per heavy atom. The first-order valence-electron chi connectivity index (χ1n) is 5.55. The molecule has 0 aliphatic carbocycles. The Balaban J connectivity index is 2.62. The minimum absolute atomic E-state index is 0.0180. The van der Waals surface area contributed by atoms with Gasteiger partial charge in [0.15, 0.2) is 0 Å². The summed E-state index contributed by atoms with van der Waals surface area (Å²) in [6, 6.07) is 0.410. The zero-order chi connectivity index (χ0) is 10.7. The van der Waals surface area contributed by atoms with Crippen LogP contribution < -0.4 is 5.32 Å². The summed E-state index contributed by atoms with van der Waals surface area (Å²) in [6.45, 7) is 7.24. The van der Waals surface area contributed by atoms with Gasteiger partial charge in [0.2, 0.25) is 5.91 Å². The van der Waals surface area contributed by atoms with Gasteiger partial charge < -0.3 is 10.2 Å². The van der Waals surface area contributed by atoms with Gasteiger partial charge >= 0.3 is 0 Å². The molecule has 1 aliphatic heterocycles. The predicted molar refractivity (Wildman–Crippen MR) is 58.1 cm³/mol. The molecule has 0 radical (unpaired) electrons. The van der Waals surface area contributed by atoms with E-state index in [2.05, 4.69) is 26.1 Å². The molecule has 1 fully saturated rings. The lowest BCUT2D eigenvalue weighted by atomic mass is 10.0. The Kier molecular flexibility index (Phi) is 3.93. The molecule has 1 aliphatic rings. The zero-order valence-electron chi connectivity index (χ0n) is 9.71. The molecule has 0 aromatic heterocycles. The monoisotopic (exact) mass is 198 g/mol.